The van der Waals surface area contributed by atoms with Crippen molar-refractivity contribution in [2.45, 2.75) is 13.3 Å². The topological polar surface area (TPSA) is 69.4 Å². The van der Waals surface area contributed by atoms with E-state index in [2.05, 4.69) is 0 Å². The number of nitro benzene ring substituents is 1. The van der Waals surface area contributed by atoms with E-state index >= 15 is 0 Å². The molecule has 0 saturated heterocycles. The molecule has 0 N–H and O–H groups in total. The molecule has 0 saturated carbocycles. The van der Waals surface area contributed by atoms with E-state index in [-0.39, 0.29) is 11.3 Å². The van der Waals surface area contributed by atoms with E-state index in [0.29, 0.717) is 22.8 Å². The smallest absolute Gasteiger partial charge is 0.280 e. The fraction of sp³-hybridized carbons (Fsp3) is 0.133. The Morgan fingerprint density at radius 2 is 1.90 bits per heavy atom. The number of carbonyl (C=O) groups is 1. The van der Waals surface area contributed by atoms with Crippen molar-refractivity contribution in [3.8, 4) is 11.5 Å². The third-order valence-electron chi connectivity index (χ3n) is 2.96. The van der Waals surface area contributed by atoms with Crippen molar-refractivity contribution >= 4 is 23.6 Å². The lowest BCUT2D eigenvalue weighted by Crippen LogP contribution is -1.95. The van der Waals surface area contributed by atoms with Crippen molar-refractivity contribution < 1.29 is 14.5 Å². The molecule has 0 fully saturated rings. The van der Waals surface area contributed by atoms with Crippen LogP contribution in [0.5, 0.6) is 11.5 Å². The van der Waals surface area contributed by atoms with Gasteiger partial charge in [0, 0.05) is 11.1 Å². The Morgan fingerprint density at radius 3 is 2.52 bits per heavy atom. The summed E-state index contributed by atoms with van der Waals surface area (Å²) in [5.74, 6) is 0.911. The lowest BCUT2D eigenvalue weighted by molar-refractivity contribution is -0.385. The molecule has 0 aliphatic carbocycles. The molecule has 2 rings (SSSR count). The minimum Gasteiger partial charge on any atom is -0.457 e. The molecule has 5 nitrogen and oxygen atoms in total. The summed E-state index contributed by atoms with van der Waals surface area (Å²) in [5.41, 5.74) is 0.663. The third-order valence-corrected chi connectivity index (χ3v) is 3.33. The Kier molecular flexibility index (Phi) is 4.55. The number of nitro groups is 1. The highest BCUT2D eigenvalue weighted by Crippen LogP contribution is 2.29. The van der Waals surface area contributed by atoms with E-state index in [4.69, 9.17) is 16.3 Å². The second-order valence-corrected chi connectivity index (χ2v) is 4.71. The Hall–Kier alpha value is -2.40. The number of aryl methyl sites for hydroxylation is 1. The Bertz CT molecular complexity index is 700. The van der Waals surface area contributed by atoms with Crippen LogP contribution in [-0.2, 0) is 6.42 Å². The molecule has 21 heavy (non-hydrogen) atoms. The molecule has 0 radical (unpaired) electrons. The van der Waals surface area contributed by atoms with Gasteiger partial charge in [0.15, 0.2) is 6.29 Å². The first-order valence-corrected chi connectivity index (χ1v) is 6.63. The van der Waals surface area contributed by atoms with E-state index in [1.54, 1.807) is 18.2 Å². The van der Waals surface area contributed by atoms with Gasteiger partial charge in [0.25, 0.3) is 5.69 Å². The Balaban J connectivity index is 2.31. The maximum Gasteiger partial charge on any atom is 0.280 e. The van der Waals surface area contributed by atoms with Crippen molar-refractivity contribution in [2.24, 2.45) is 0 Å². The van der Waals surface area contributed by atoms with Gasteiger partial charge in [0.1, 0.15) is 11.5 Å². The average molecular weight is 306 g/mol. The first-order chi connectivity index (χ1) is 10.0. The van der Waals surface area contributed by atoms with Gasteiger partial charge in [-0.25, -0.2) is 0 Å². The molecule has 0 atom stereocenters. The largest absolute Gasteiger partial charge is 0.457 e. The molecule has 6 heteroatoms. The first kappa shape index (κ1) is 15.0. The maximum absolute atomic E-state index is 10.9. The number of ether oxygens (including phenoxy) is 1. The van der Waals surface area contributed by atoms with E-state index in [1.165, 1.54) is 18.2 Å². The second-order valence-electron chi connectivity index (χ2n) is 4.30. The molecule has 0 aliphatic rings. The molecule has 0 bridgehead atoms. The van der Waals surface area contributed by atoms with Gasteiger partial charge in [0.2, 0.25) is 0 Å². The molecule has 2 aromatic rings. The van der Waals surface area contributed by atoms with Gasteiger partial charge in [-0.3, -0.25) is 14.9 Å². The number of hydrogen-bond donors (Lipinski definition) is 0. The molecule has 2 aromatic carbocycles. The summed E-state index contributed by atoms with van der Waals surface area (Å²) in [6.45, 7) is 1.97. The first-order valence-electron chi connectivity index (χ1n) is 6.25. The summed E-state index contributed by atoms with van der Waals surface area (Å²) in [4.78, 5) is 21.1. The van der Waals surface area contributed by atoms with Crippen LogP contribution in [0.1, 0.15) is 22.8 Å². The number of carbonyl (C=O) groups excluding carboxylic acids is 1. The number of benzene rings is 2. The van der Waals surface area contributed by atoms with Crippen LogP contribution in [0.15, 0.2) is 36.4 Å². The highest BCUT2D eigenvalue weighted by molar-refractivity contribution is 6.31. The van der Waals surface area contributed by atoms with Crippen LogP contribution in [0.3, 0.4) is 0 Å². The van der Waals surface area contributed by atoms with E-state index in [9.17, 15) is 14.9 Å². The van der Waals surface area contributed by atoms with Gasteiger partial charge < -0.3 is 4.74 Å². The average Bonchev–Trinajstić information content (AvgIpc) is 2.48. The zero-order chi connectivity index (χ0) is 15.4. The Morgan fingerprint density at radius 1 is 1.24 bits per heavy atom. The standard InChI is InChI=1S/C15H12ClNO4/c1-2-10-7-12(3-5-14(10)16)21-13-4-6-15(17(19)20)11(8-13)9-18/h3-9H,2H2,1H3. The lowest BCUT2D eigenvalue weighted by Gasteiger charge is -2.09. The van der Waals surface area contributed by atoms with Crippen molar-refractivity contribution in [2.75, 3.05) is 0 Å². The fourth-order valence-corrected chi connectivity index (χ4v) is 2.13. The second kappa shape index (κ2) is 6.37. The number of rotatable bonds is 5. The molecular weight excluding hydrogens is 294 g/mol. The van der Waals surface area contributed by atoms with Gasteiger partial charge in [-0.1, -0.05) is 18.5 Å². The molecule has 0 aromatic heterocycles. The number of halogens is 1. The van der Waals surface area contributed by atoms with Crippen LogP contribution in [0.4, 0.5) is 5.69 Å². The normalized spacial score (nSPS) is 10.2. The zero-order valence-electron chi connectivity index (χ0n) is 11.2. The molecule has 108 valence electrons. The highest BCUT2D eigenvalue weighted by Gasteiger charge is 2.14. The molecule has 0 unspecified atom stereocenters. The fourth-order valence-electron chi connectivity index (χ4n) is 1.88. The SMILES string of the molecule is CCc1cc(Oc2ccc([N+](=O)[O-])c(C=O)c2)ccc1Cl. The van der Waals surface area contributed by atoms with E-state index in [1.807, 2.05) is 6.92 Å². The van der Waals surface area contributed by atoms with Gasteiger partial charge >= 0.3 is 0 Å². The highest BCUT2D eigenvalue weighted by atomic mass is 35.5. The predicted octanol–water partition coefficient (Wildman–Crippen LogP) is 4.42. The van der Waals surface area contributed by atoms with Crippen molar-refractivity contribution in [3.63, 3.8) is 0 Å². The van der Waals surface area contributed by atoms with Crippen molar-refractivity contribution in [1.82, 2.24) is 0 Å². The summed E-state index contributed by atoms with van der Waals surface area (Å²) in [7, 11) is 0. The van der Waals surface area contributed by atoms with Crippen molar-refractivity contribution in [1.29, 1.82) is 0 Å². The summed E-state index contributed by atoms with van der Waals surface area (Å²) in [5, 5.41) is 11.4. The van der Waals surface area contributed by atoms with Crippen LogP contribution in [0, 0.1) is 10.1 Å². The zero-order valence-corrected chi connectivity index (χ0v) is 12.0. The van der Waals surface area contributed by atoms with E-state index in [0.717, 1.165) is 12.0 Å². The minimum absolute atomic E-state index is 0.0258. The van der Waals surface area contributed by atoms with Crippen LogP contribution in [-0.4, -0.2) is 11.2 Å². The van der Waals surface area contributed by atoms with Crippen molar-refractivity contribution in [3.05, 3.63) is 62.7 Å². The van der Waals surface area contributed by atoms with Gasteiger partial charge in [0.05, 0.1) is 10.5 Å². The third kappa shape index (κ3) is 3.38. The number of hydrogen-bond acceptors (Lipinski definition) is 4. The van der Waals surface area contributed by atoms with Crippen LogP contribution in [0.2, 0.25) is 5.02 Å². The lowest BCUT2D eigenvalue weighted by atomic mass is 10.1. The summed E-state index contributed by atoms with van der Waals surface area (Å²) < 4.78 is 5.61. The number of nitrogens with zero attached hydrogens (tertiary/aromatic N) is 1. The van der Waals surface area contributed by atoms with Gasteiger partial charge in [-0.15, -0.1) is 0 Å². The summed E-state index contributed by atoms with van der Waals surface area (Å²) in [6, 6.07) is 9.25. The van der Waals surface area contributed by atoms with Crippen LogP contribution < -0.4 is 4.74 Å². The monoisotopic (exact) mass is 305 g/mol. The van der Waals surface area contributed by atoms with Gasteiger partial charge in [-0.05, 0) is 42.3 Å². The molecular formula is C15H12ClNO4. The quantitative estimate of drug-likeness (QED) is 0.466. The molecule has 0 heterocycles. The summed E-state index contributed by atoms with van der Waals surface area (Å²) >= 11 is 6.03. The van der Waals surface area contributed by atoms with Crippen LogP contribution in [0.25, 0.3) is 0 Å². The minimum atomic E-state index is -0.606. The van der Waals surface area contributed by atoms with E-state index < -0.39 is 4.92 Å². The number of aldehydes is 1. The maximum atomic E-state index is 10.9. The Labute approximate surface area is 126 Å². The van der Waals surface area contributed by atoms with Gasteiger partial charge in [-0.2, -0.15) is 0 Å². The van der Waals surface area contributed by atoms with Crippen LogP contribution >= 0.6 is 11.6 Å². The molecule has 0 amide bonds. The summed E-state index contributed by atoms with van der Waals surface area (Å²) in [6.07, 6.45) is 1.19. The molecule has 0 spiro atoms. The predicted molar refractivity (Wildman–Crippen MR) is 79.4 cm³/mol. The molecule has 0 aliphatic heterocycles.